The molecule has 1 aliphatic heterocycles. The second-order valence-corrected chi connectivity index (χ2v) is 9.62. The number of rotatable bonds is 6. The Morgan fingerprint density at radius 2 is 1.56 bits per heavy atom. The molecule has 0 spiro atoms. The summed E-state index contributed by atoms with van der Waals surface area (Å²) in [5.74, 6) is -0.789. The zero-order chi connectivity index (χ0) is 24.1. The molecule has 3 aromatic carbocycles. The van der Waals surface area contributed by atoms with Crippen molar-refractivity contribution in [3.8, 4) is 11.1 Å². The zero-order valence-corrected chi connectivity index (χ0v) is 19.5. The Bertz CT molecular complexity index is 1290. The largest absolute Gasteiger partial charge is 0.341 e. The highest BCUT2D eigenvalue weighted by molar-refractivity contribution is 7.87. The van der Waals surface area contributed by atoms with Gasteiger partial charge in [0, 0.05) is 5.69 Å². The van der Waals surface area contributed by atoms with E-state index in [4.69, 9.17) is 15.8 Å². The van der Waals surface area contributed by atoms with E-state index >= 15 is 0 Å². The van der Waals surface area contributed by atoms with Gasteiger partial charge in [-0.3, -0.25) is 0 Å². The van der Waals surface area contributed by atoms with Gasteiger partial charge in [0.1, 0.15) is 10.9 Å². The molecule has 1 saturated heterocycles. The van der Waals surface area contributed by atoms with Crippen LogP contribution in [0, 0.1) is 0 Å². The lowest BCUT2D eigenvalue weighted by molar-refractivity contribution is -0.135. The lowest BCUT2D eigenvalue weighted by Crippen LogP contribution is -2.33. The van der Waals surface area contributed by atoms with Gasteiger partial charge in [-0.1, -0.05) is 48.0 Å². The predicted octanol–water partition coefficient (Wildman–Crippen LogP) is 4.63. The van der Waals surface area contributed by atoms with Gasteiger partial charge in [-0.05, 0) is 66.9 Å². The normalized spacial score (nSPS) is 15.5. The van der Waals surface area contributed by atoms with Crippen LogP contribution in [0.5, 0.6) is 0 Å². The maximum absolute atomic E-state index is 12.4. The average molecular weight is 500 g/mol. The van der Waals surface area contributed by atoms with E-state index in [1.807, 2.05) is 0 Å². The van der Waals surface area contributed by atoms with Crippen LogP contribution in [0.1, 0.15) is 12.8 Å². The number of amides is 2. The Morgan fingerprint density at radius 3 is 2.18 bits per heavy atom. The van der Waals surface area contributed by atoms with Crippen LogP contribution in [0.4, 0.5) is 16.2 Å². The van der Waals surface area contributed by atoms with E-state index in [1.54, 1.807) is 60.7 Å². The Kier molecular flexibility index (Phi) is 7.16. The van der Waals surface area contributed by atoms with Gasteiger partial charge in [0.2, 0.25) is 0 Å². The molecule has 1 atom stereocenters. The van der Waals surface area contributed by atoms with Gasteiger partial charge in [0.05, 0.1) is 10.7 Å². The monoisotopic (exact) mass is 499 g/mol. The Balaban J connectivity index is 1.38. The Labute approximate surface area is 202 Å². The van der Waals surface area contributed by atoms with Gasteiger partial charge in [-0.15, -0.1) is 0 Å². The highest BCUT2D eigenvalue weighted by atomic mass is 35.5. The van der Waals surface area contributed by atoms with Crippen molar-refractivity contribution < 1.29 is 22.2 Å². The summed E-state index contributed by atoms with van der Waals surface area (Å²) < 4.78 is 29.6. The molecule has 10 heteroatoms. The molecule has 0 radical (unpaired) electrons. The topological polar surface area (TPSA) is 114 Å². The standard InChI is InChI=1S/C24H22ClN3O5S/c25-20-4-1-2-5-21(20)28-24(30)27-18-11-7-16(8-12-18)17-9-13-19(14-10-17)34(31,32)33-23(29)22-6-3-15-26-22/h1-2,4-5,7-14,22,26H,3,6,15H2,(H2,27,28,30)/t22-/m0/s1. The number of para-hydroxylation sites is 1. The fourth-order valence-corrected chi connectivity index (χ4v) is 4.59. The van der Waals surface area contributed by atoms with E-state index in [9.17, 15) is 18.0 Å². The van der Waals surface area contributed by atoms with Gasteiger partial charge in [-0.25, -0.2) is 9.59 Å². The number of benzene rings is 3. The highest BCUT2D eigenvalue weighted by Gasteiger charge is 2.29. The summed E-state index contributed by atoms with van der Waals surface area (Å²) in [5.41, 5.74) is 2.64. The highest BCUT2D eigenvalue weighted by Crippen LogP contribution is 2.25. The number of hydrogen-bond acceptors (Lipinski definition) is 6. The summed E-state index contributed by atoms with van der Waals surface area (Å²) in [7, 11) is -4.20. The van der Waals surface area contributed by atoms with E-state index in [-0.39, 0.29) is 4.90 Å². The minimum Gasteiger partial charge on any atom is -0.341 e. The lowest BCUT2D eigenvalue weighted by atomic mass is 10.1. The van der Waals surface area contributed by atoms with Gasteiger partial charge in [0.25, 0.3) is 0 Å². The molecule has 8 nitrogen and oxygen atoms in total. The van der Waals surface area contributed by atoms with Crippen molar-refractivity contribution in [2.24, 2.45) is 0 Å². The van der Waals surface area contributed by atoms with Crippen molar-refractivity contribution in [1.29, 1.82) is 0 Å². The lowest BCUT2D eigenvalue weighted by Gasteiger charge is -2.11. The van der Waals surface area contributed by atoms with Crippen molar-refractivity contribution in [2.45, 2.75) is 23.8 Å². The molecule has 4 rings (SSSR count). The first kappa shape index (κ1) is 23.7. The summed E-state index contributed by atoms with van der Waals surface area (Å²) in [6, 6.07) is 19.0. The quantitative estimate of drug-likeness (QED) is 0.426. The van der Waals surface area contributed by atoms with Gasteiger partial charge in [0.15, 0.2) is 0 Å². The van der Waals surface area contributed by atoms with E-state index in [2.05, 4.69) is 16.0 Å². The number of hydrogen-bond donors (Lipinski definition) is 3. The molecule has 0 bridgehead atoms. The second kappa shape index (κ2) is 10.3. The number of carbonyl (C=O) groups excluding carboxylic acids is 2. The number of carbonyl (C=O) groups is 2. The molecule has 2 amide bonds. The zero-order valence-electron chi connectivity index (χ0n) is 18.0. The number of urea groups is 1. The van der Waals surface area contributed by atoms with Crippen LogP contribution in [-0.2, 0) is 19.1 Å². The fraction of sp³-hybridized carbons (Fsp3) is 0.167. The molecule has 1 heterocycles. The van der Waals surface area contributed by atoms with Crippen LogP contribution < -0.4 is 16.0 Å². The van der Waals surface area contributed by atoms with Crippen LogP contribution >= 0.6 is 11.6 Å². The third-order valence-corrected chi connectivity index (χ3v) is 6.84. The van der Waals surface area contributed by atoms with E-state index in [0.717, 1.165) is 17.5 Å². The maximum atomic E-state index is 12.4. The second-order valence-electron chi connectivity index (χ2n) is 7.67. The first-order chi connectivity index (χ1) is 16.3. The molecule has 34 heavy (non-hydrogen) atoms. The molecular weight excluding hydrogens is 478 g/mol. The minimum atomic E-state index is -4.20. The van der Waals surface area contributed by atoms with E-state index < -0.39 is 28.2 Å². The molecule has 1 aliphatic rings. The third-order valence-electron chi connectivity index (χ3n) is 5.28. The van der Waals surface area contributed by atoms with Crippen LogP contribution in [0.3, 0.4) is 0 Å². The van der Waals surface area contributed by atoms with Crippen molar-refractivity contribution in [2.75, 3.05) is 17.2 Å². The average Bonchev–Trinajstić information content (AvgIpc) is 3.36. The Morgan fingerprint density at radius 1 is 0.912 bits per heavy atom. The third kappa shape index (κ3) is 5.74. The Hall–Kier alpha value is -3.40. The molecule has 0 aliphatic carbocycles. The smallest absolute Gasteiger partial charge is 0.341 e. The van der Waals surface area contributed by atoms with Crippen molar-refractivity contribution in [1.82, 2.24) is 5.32 Å². The molecule has 0 saturated carbocycles. The molecule has 0 unspecified atom stereocenters. The van der Waals surface area contributed by atoms with E-state index in [1.165, 1.54) is 12.1 Å². The molecule has 3 aromatic rings. The summed E-state index contributed by atoms with van der Waals surface area (Å²) in [5, 5.41) is 8.75. The van der Waals surface area contributed by atoms with Crippen LogP contribution in [0.2, 0.25) is 5.02 Å². The van der Waals surface area contributed by atoms with E-state index in [0.29, 0.717) is 29.4 Å². The summed E-state index contributed by atoms with van der Waals surface area (Å²) in [6.45, 7) is 0.662. The summed E-state index contributed by atoms with van der Waals surface area (Å²) in [4.78, 5) is 24.1. The van der Waals surface area contributed by atoms with Crippen molar-refractivity contribution in [3.05, 3.63) is 77.8 Å². The summed E-state index contributed by atoms with van der Waals surface area (Å²) in [6.07, 6.45) is 1.36. The SMILES string of the molecule is O=C(Nc1ccc(-c2ccc(S(=O)(=O)OC(=O)[C@@H]3CCCN3)cc2)cc1)Nc1ccccc1Cl. The van der Waals surface area contributed by atoms with Crippen LogP contribution in [0.15, 0.2) is 77.7 Å². The van der Waals surface area contributed by atoms with Gasteiger partial charge < -0.3 is 20.1 Å². The minimum absolute atomic E-state index is 0.0999. The first-order valence-corrected chi connectivity index (χ1v) is 12.4. The molecule has 0 aromatic heterocycles. The predicted molar refractivity (Wildman–Crippen MR) is 130 cm³/mol. The number of halogens is 1. The number of nitrogens with one attached hydrogen (secondary N) is 3. The molecule has 3 N–H and O–H groups in total. The first-order valence-electron chi connectivity index (χ1n) is 10.6. The van der Waals surface area contributed by atoms with Gasteiger partial charge in [-0.2, -0.15) is 8.42 Å². The van der Waals surface area contributed by atoms with Crippen molar-refractivity contribution >= 4 is 45.1 Å². The summed E-state index contributed by atoms with van der Waals surface area (Å²) >= 11 is 6.05. The molecule has 1 fully saturated rings. The maximum Gasteiger partial charge on any atom is 0.341 e. The number of anilines is 2. The van der Waals surface area contributed by atoms with Crippen LogP contribution in [0.25, 0.3) is 11.1 Å². The molecular formula is C24H22ClN3O5S. The van der Waals surface area contributed by atoms with Crippen LogP contribution in [-0.4, -0.2) is 33.0 Å². The van der Waals surface area contributed by atoms with Crippen molar-refractivity contribution in [3.63, 3.8) is 0 Å². The molecule has 176 valence electrons. The fourth-order valence-electron chi connectivity index (χ4n) is 3.51. The van der Waals surface area contributed by atoms with Gasteiger partial charge >= 0.3 is 22.1 Å².